The standard InChI is InChI=1S/C16H25BF2N2O2/c1-11-10-12(17(22)23)14(20-13(11)15(2,3)4)21-8-5-6-16(18,19)7-9-21/h10,22-23H,5-9H2,1-4H3. The maximum absolute atomic E-state index is 13.6. The van der Waals surface area contributed by atoms with E-state index in [-0.39, 0.29) is 30.3 Å². The van der Waals surface area contributed by atoms with Crippen molar-refractivity contribution >= 4 is 18.4 Å². The van der Waals surface area contributed by atoms with E-state index in [1.807, 2.05) is 27.7 Å². The molecule has 4 nitrogen and oxygen atoms in total. The third-order valence-electron chi connectivity index (χ3n) is 4.23. The third kappa shape index (κ3) is 4.21. The van der Waals surface area contributed by atoms with Gasteiger partial charge in [0.1, 0.15) is 5.82 Å². The number of anilines is 1. The van der Waals surface area contributed by atoms with Crippen LogP contribution in [0.5, 0.6) is 0 Å². The predicted octanol–water partition coefficient (Wildman–Crippen LogP) is 1.99. The number of nitrogens with zero attached hydrogens (tertiary/aromatic N) is 2. The summed E-state index contributed by atoms with van der Waals surface area (Å²) in [7, 11) is -1.67. The molecule has 1 saturated heterocycles. The quantitative estimate of drug-likeness (QED) is 0.816. The summed E-state index contributed by atoms with van der Waals surface area (Å²) >= 11 is 0. The van der Waals surface area contributed by atoms with Gasteiger partial charge in [-0.15, -0.1) is 0 Å². The minimum Gasteiger partial charge on any atom is -0.423 e. The summed E-state index contributed by atoms with van der Waals surface area (Å²) in [6.45, 7) is 8.55. The molecule has 0 radical (unpaired) electrons. The van der Waals surface area contributed by atoms with Gasteiger partial charge in [-0.1, -0.05) is 26.8 Å². The minimum atomic E-state index is -2.66. The lowest BCUT2D eigenvalue weighted by Crippen LogP contribution is -2.40. The molecule has 0 unspecified atom stereocenters. The molecule has 2 rings (SSSR count). The molecular weight excluding hydrogens is 301 g/mol. The van der Waals surface area contributed by atoms with Crippen molar-refractivity contribution in [1.29, 1.82) is 0 Å². The first kappa shape index (κ1) is 18.1. The number of hydrogen-bond donors (Lipinski definition) is 2. The Bertz CT molecular complexity index is 574. The van der Waals surface area contributed by atoms with Crippen LogP contribution >= 0.6 is 0 Å². The van der Waals surface area contributed by atoms with Crippen LogP contribution in [0.2, 0.25) is 0 Å². The second-order valence-electron chi connectivity index (χ2n) is 7.39. The summed E-state index contributed by atoms with van der Waals surface area (Å²) in [6, 6.07) is 1.70. The van der Waals surface area contributed by atoms with Crippen molar-refractivity contribution in [3.63, 3.8) is 0 Å². The molecule has 0 bridgehead atoms. The molecule has 23 heavy (non-hydrogen) atoms. The summed E-state index contributed by atoms with van der Waals surface area (Å²) < 4.78 is 27.2. The summed E-state index contributed by atoms with van der Waals surface area (Å²) in [4.78, 5) is 6.39. The highest BCUT2D eigenvalue weighted by Gasteiger charge is 2.34. The third-order valence-corrected chi connectivity index (χ3v) is 4.23. The number of halogens is 2. The van der Waals surface area contributed by atoms with E-state index in [2.05, 4.69) is 4.98 Å². The van der Waals surface area contributed by atoms with Crippen molar-refractivity contribution in [3.05, 3.63) is 17.3 Å². The van der Waals surface area contributed by atoms with Crippen LogP contribution in [0.3, 0.4) is 0 Å². The molecule has 0 amide bonds. The molecule has 1 fully saturated rings. The second-order valence-corrected chi connectivity index (χ2v) is 7.39. The Balaban J connectivity index is 2.46. The van der Waals surface area contributed by atoms with Gasteiger partial charge in [-0.3, -0.25) is 0 Å². The van der Waals surface area contributed by atoms with E-state index in [1.54, 1.807) is 11.0 Å². The zero-order valence-electron chi connectivity index (χ0n) is 14.2. The van der Waals surface area contributed by atoms with E-state index in [9.17, 15) is 18.8 Å². The highest BCUT2D eigenvalue weighted by atomic mass is 19.3. The zero-order chi connectivity index (χ0) is 17.4. The normalized spacial score (nSPS) is 18.7. The van der Waals surface area contributed by atoms with Gasteiger partial charge in [0, 0.05) is 36.8 Å². The molecular formula is C16H25BF2N2O2. The van der Waals surface area contributed by atoms with Crippen molar-refractivity contribution in [3.8, 4) is 0 Å². The van der Waals surface area contributed by atoms with Crippen molar-refractivity contribution < 1.29 is 18.8 Å². The Labute approximate surface area is 136 Å². The first-order chi connectivity index (χ1) is 10.5. The van der Waals surface area contributed by atoms with Crippen molar-refractivity contribution in [1.82, 2.24) is 4.98 Å². The molecule has 128 valence electrons. The highest BCUT2D eigenvalue weighted by molar-refractivity contribution is 6.60. The lowest BCUT2D eigenvalue weighted by atomic mass is 9.77. The molecule has 0 aliphatic carbocycles. The van der Waals surface area contributed by atoms with Gasteiger partial charge in [0.25, 0.3) is 0 Å². The SMILES string of the molecule is Cc1cc(B(O)O)c(N2CCCC(F)(F)CC2)nc1C(C)(C)C. The highest BCUT2D eigenvalue weighted by Crippen LogP contribution is 2.30. The van der Waals surface area contributed by atoms with Gasteiger partial charge in [-0.2, -0.15) is 0 Å². The maximum atomic E-state index is 13.6. The molecule has 7 heteroatoms. The van der Waals surface area contributed by atoms with Gasteiger partial charge >= 0.3 is 7.12 Å². The number of aryl methyl sites for hydroxylation is 1. The molecule has 0 saturated carbocycles. The van der Waals surface area contributed by atoms with E-state index in [1.165, 1.54) is 0 Å². The van der Waals surface area contributed by atoms with Crippen LogP contribution in [-0.2, 0) is 5.41 Å². The van der Waals surface area contributed by atoms with Gasteiger partial charge in [-0.05, 0) is 18.9 Å². The monoisotopic (exact) mass is 326 g/mol. The van der Waals surface area contributed by atoms with Gasteiger partial charge < -0.3 is 14.9 Å². The number of rotatable bonds is 2. The van der Waals surface area contributed by atoms with Crippen LogP contribution < -0.4 is 10.4 Å². The average Bonchev–Trinajstić information content (AvgIpc) is 2.58. The smallest absolute Gasteiger partial charge is 0.423 e. The maximum Gasteiger partial charge on any atom is 0.492 e. The van der Waals surface area contributed by atoms with E-state index >= 15 is 0 Å². The molecule has 0 atom stereocenters. The molecule has 0 aromatic carbocycles. The van der Waals surface area contributed by atoms with Gasteiger partial charge in [-0.25, -0.2) is 13.8 Å². The van der Waals surface area contributed by atoms with E-state index in [4.69, 9.17) is 0 Å². The molecule has 2 heterocycles. The Morgan fingerprint density at radius 1 is 1.22 bits per heavy atom. The summed E-state index contributed by atoms with van der Waals surface area (Å²) in [5.74, 6) is -2.25. The Morgan fingerprint density at radius 2 is 1.87 bits per heavy atom. The summed E-state index contributed by atoms with van der Waals surface area (Å²) in [5, 5.41) is 19.3. The lowest BCUT2D eigenvalue weighted by Gasteiger charge is -2.28. The van der Waals surface area contributed by atoms with Crippen molar-refractivity contribution in [2.45, 2.75) is 58.3 Å². The fourth-order valence-electron chi connectivity index (χ4n) is 3.10. The molecule has 1 aliphatic heterocycles. The second kappa shape index (κ2) is 6.36. The number of pyridine rings is 1. The summed E-state index contributed by atoms with van der Waals surface area (Å²) in [6.07, 6.45) is -0.0265. The number of hydrogen-bond acceptors (Lipinski definition) is 4. The molecule has 1 aromatic rings. The van der Waals surface area contributed by atoms with E-state index in [0.717, 1.165) is 11.3 Å². The van der Waals surface area contributed by atoms with Gasteiger partial charge in [0.15, 0.2) is 0 Å². The first-order valence-electron chi connectivity index (χ1n) is 8.02. The van der Waals surface area contributed by atoms with Crippen LogP contribution in [-0.4, -0.2) is 41.2 Å². The van der Waals surface area contributed by atoms with Crippen LogP contribution in [0, 0.1) is 6.92 Å². The topological polar surface area (TPSA) is 56.6 Å². The van der Waals surface area contributed by atoms with Crippen molar-refractivity contribution in [2.24, 2.45) is 0 Å². The molecule has 1 aliphatic rings. The van der Waals surface area contributed by atoms with Gasteiger partial charge in [0.05, 0.1) is 5.69 Å². The number of alkyl halides is 2. The van der Waals surface area contributed by atoms with E-state index in [0.29, 0.717) is 18.8 Å². The lowest BCUT2D eigenvalue weighted by molar-refractivity contribution is -0.0102. The molecule has 0 spiro atoms. The Morgan fingerprint density at radius 3 is 2.43 bits per heavy atom. The molecule has 2 N–H and O–H groups in total. The predicted molar refractivity (Wildman–Crippen MR) is 88.5 cm³/mol. The summed E-state index contributed by atoms with van der Waals surface area (Å²) in [5.41, 5.74) is 1.77. The molecule has 1 aromatic heterocycles. The van der Waals surface area contributed by atoms with Crippen LogP contribution in [0.15, 0.2) is 6.07 Å². The first-order valence-corrected chi connectivity index (χ1v) is 8.02. The largest absolute Gasteiger partial charge is 0.492 e. The van der Waals surface area contributed by atoms with Crippen LogP contribution in [0.4, 0.5) is 14.6 Å². The van der Waals surface area contributed by atoms with Gasteiger partial charge in [0.2, 0.25) is 5.92 Å². The fourth-order valence-corrected chi connectivity index (χ4v) is 3.10. The van der Waals surface area contributed by atoms with Crippen molar-refractivity contribution in [2.75, 3.05) is 18.0 Å². The average molecular weight is 326 g/mol. The Hall–Kier alpha value is -1.21. The number of aromatic nitrogens is 1. The van der Waals surface area contributed by atoms with Crippen LogP contribution in [0.25, 0.3) is 0 Å². The Kier molecular flexibility index (Phi) is 5.02. The fraction of sp³-hybridized carbons (Fsp3) is 0.688. The van der Waals surface area contributed by atoms with E-state index < -0.39 is 13.0 Å². The zero-order valence-corrected chi connectivity index (χ0v) is 14.2. The minimum absolute atomic E-state index is 0.140. The van der Waals surface area contributed by atoms with Crippen LogP contribution in [0.1, 0.15) is 51.3 Å².